The van der Waals surface area contributed by atoms with E-state index in [0.717, 1.165) is 11.8 Å². The normalized spacial score (nSPS) is 37.8. The average molecular weight is 242 g/mol. The molecule has 0 saturated heterocycles. The first kappa shape index (κ1) is 10.9. The molecule has 1 N–H and O–H groups in total. The van der Waals surface area contributed by atoms with Gasteiger partial charge in [0.25, 0.3) is 0 Å². The van der Waals surface area contributed by atoms with Crippen LogP contribution in [0.1, 0.15) is 56.1 Å². The van der Waals surface area contributed by atoms with Gasteiger partial charge in [-0.15, -0.1) is 0 Å². The van der Waals surface area contributed by atoms with Crippen LogP contribution in [-0.2, 0) is 11.8 Å². The molecule has 1 aromatic carbocycles. The summed E-state index contributed by atoms with van der Waals surface area (Å²) in [6.07, 6.45) is 11.1. The van der Waals surface area contributed by atoms with E-state index in [4.69, 9.17) is 0 Å². The van der Waals surface area contributed by atoms with E-state index in [1.165, 1.54) is 62.5 Å². The third kappa shape index (κ3) is 1.34. The molecule has 0 unspecified atom stereocenters. The summed E-state index contributed by atoms with van der Waals surface area (Å²) in [4.78, 5) is 0. The highest BCUT2D eigenvalue weighted by atomic mass is 16.3. The molecule has 2 fully saturated rings. The van der Waals surface area contributed by atoms with Crippen molar-refractivity contribution in [2.24, 2.45) is 11.8 Å². The first-order valence-electron chi connectivity index (χ1n) is 7.62. The molecule has 0 radical (unpaired) electrons. The summed E-state index contributed by atoms with van der Waals surface area (Å²) in [6.45, 7) is 0. The van der Waals surface area contributed by atoms with Crippen LogP contribution in [0.5, 0.6) is 5.75 Å². The van der Waals surface area contributed by atoms with Crippen LogP contribution in [-0.4, -0.2) is 5.11 Å². The van der Waals surface area contributed by atoms with Gasteiger partial charge in [0, 0.05) is 0 Å². The van der Waals surface area contributed by atoms with E-state index in [1.807, 2.05) is 6.07 Å². The minimum Gasteiger partial charge on any atom is -0.508 e. The SMILES string of the molecule is Oc1ccc2c(c1)[C@]13CCCC[C@@H]1[C@@H](CCC3)C2. The lowest BCUT2D eigenvalue weighted by molar-refractivity contribution is 0.0521. The average Bonchev–Trinajstić information content (AvgIpc) is 2.40. The van der Waals surface area contributed by atoms with Crippen molar-refractivity contribution in [3.63, 3.8) is 0 Å². The Kier molecular flexibility index (Phi) is 2.27. The fourth-order valence-electron chi connectivity index (χ4n) is 5.35. The molecule has 3 atom stereocenters. The summed E-state index contributed by atoms with van der Waals surface area (Å²) >= 11 is 0. The van der Waals surface area contributed by atoms with E-state index in [-0.39, 0.29) is 0 Å². The molecule has 3 aliphatic carbocycles. The fourth-order valence-corrected chi connectivity index (χ4v) is 5.35. The maximum atomic E-state index is 9.87. The van der Waals surface area contributed by atoms with Crippen molar-refractivity contribution in [3.8, 4) is 5.75 Å². The lowest BCUT2D eigenvalue weighted by Crippen LogP contribution is -2.49. The van der Waals surface area contributed by atoms with Crippen molar-refractivity contribution in [3.05, 3.63) is 29.3 Å². The number of phenolic OH excluding ortho intramolecular Hbond substituents is 1. The maximum absolute atomic E-state index is 9.87. The smallest absolute Gasteiger partial charge is 0.115 e. The summed E-state index contributed by atoms with van der Waals surface area (Å²) in [7, 11) is 0. The van der Waals surface area contributed by atoms with Gasteiger partial charge in [-0.05, 0) is 72.6 Å². The van der Waals surface area contributed by atoms with E-state index in [9.17, 15) is 5.11 Å². The topological polar surface area (TPSA) is 20.2 Å². The molecule has 1 nitrogen and oxygen atoms in total. The Labute approximate surface area is 109 Å². The fraction of sp³-hybridized carbons (Fsp3) is 0.647. The third-order valence-corrected chi connectivity index (χ3v) is 5.98. The monoisotopic (exact) mass is 242 g/mol. The summed E-state index contributed by atoms with van der Waals surface area (Å²) in [5, 5.41) is 9.87. The van der Waals surface area contributed by atoms with Crippen LogP contribution < -0.4 is 0 Å². The third-order valence-electron chi connectivity index (χ3n) is 5.98. The van der Waals surface area contributed by atoms with Gasteiger partial charge in [0.05, 0.1) is 0 Å². The predicted octanol–water partition coefficient (Wildman–Crippen LogP) is 4.18. The summed E-state index contributed by atoms with van der Waals surface area (Å²) in [5.74, 6) is 2.31. The van der Waals surface area contributed by atoms with Crippen molar-refractivity contribution in [1.29, 1.82) is 0 Å². The van der Waals surface area contributed by atoms with Gasteiger partial charge in [-0.1, -0.05) is 25.3 Å². The zero-order valence-electron chi connectivity index (χ0n) is 11.0. The molecule has 2 bridgehead atoms. The lowest BCUT2D eigenvalue weighted by atomic mass is 9.49. The minimum absolute atomic E-state index is 0.438. The molecular weight excluding hydrogens is 220 g/mol. The first-order valence-corrected chi connectivity index (χ1v) is 7.62. The van der Waals surface area contributed by atoms with Crippen LogP contribution in [0.25, 0.3) is 0 Å². The lowest BCUT2D eigenvalue weighted by Gasteiger charge is -2.55. The maximum Gasteiger partial charge on any atom is 0.115 e. The molecule has 0 aliphatic heterocycles. The van der Waals surface area contributed by atoms with Gasteiger partial charge >= 0.3 is 0 Å². The van der Waals surface area contributed by atoms with Gasteiger partial charge in [0.15, 0.2) is 0 Å². The highest BCUT2D eigenvalue weighted by molar-refractivity contribution is 5.44. The number of fused-ring (bicyclic) bond motifs is 1. The highest BCUT2D eigenvalue weighted by Gasteiger charge is 2.51. The van der Waals surface area contributed by atoms with Gasteiger partial charge in [-0.25, -0.2) is 0 Å². The van der Waals surface area contributed by atoms with Crippen molar-refractivity contribution in [2.45, 2.75) is 56.8 Å². The van der Waals surface area contributed by atoms with Crippen LogP contribution in [0.4, 0.5) is 0 Å². The van der Waals surface area contributed by atoms with E-state index in [1.54, 1.807) is 0 Å². The van der Waals surface area contributed by atoms with E-state index in [0.29, 0.717) is 11.2 Å². The highest BCUT2D eigenvalue weighted by Crippen LogP contribution is 2.58. The van der Waals surface area contributed by atoms with Crippen LogP contribution in [0, 0.1) is 11.8 Å². The second-order valence-electron chi connectivity index (χ2n) is 6.71. The molecule has 0 spiro atoms. The molecule has 0 heterocycles. The van der Waals surface area contributed by atoms with Crippen LogP contribution in [0.15, 0.2) is 18.2 Å². The Balaban J connectivity index is 1.91. The first-order chi connectivity index (χ1) is 8.79. The van der Waals surface area contributed by atoms with E-state index < -0.39 is 0 Å². The number of aromatic hydroxyl groups is 1. The zero-order valence-corrected chi connectivity index (χ0v) is 11.0. The number of hydrogen-bond acceptors (Lipinski definition) is 1. The van der Waals surface area contributed by atoms with Gasteiger partial charge < -0.3 is 5.11 Å². The second kappa shape index (κ2) is 3.76. The molecular formula is C17H22O. The molecule has 1 aromatic rings. The molecule has 0 aromatic heterocycles. The quantitative estimate of drug-likeness (QED) is 0.723. The van der Waals surface area contributed by atoms with Crippen molar-refractivity contribution in [1.82, 2.24) is 0 Å². The molecule has 18 heavy (non-hydrogen) atoms. The Bertz CT molecular complexity index is 474. The van der Waals surface area contributed by atoms with Gasteiger partial charge in [0.2, 0.25) is 0 Å². The molecule has 4 rings (SSSR count). The molecule has 1 heteroatoms. The predicted molar refractivity (Wildman–Crippen MR) is 72.8 cm³/mol. The van der Waals surface area contributed by atoms with Crippen LogP contribution in [0.3, 0.4) is 0 Å². The van der Waals surface area contributed by atoms with Crippen LogP contribution >= 0.6 is 0 Å². The standard InChI is InChI=1S/C17H22O/c18-14-7-6-13-10-12-4-3-9-17(16(13)11-14)8-2-1-5-15(12)17/h6-7,11-12,15,18H,1-5,8-10H2/t12-,15+,17-/m0/s1. The van der Waals surface area contributed by atoms with Gasteiger partial charge in [-0.3, -0.25) is 0 Å². The Morgan fingerprint density at radius 2 is 1.94 bits per heavy atom. The van der Waals surface area contributed by atoms with E-state index >= 15 is 0 Å². The number of phenols is 1. The van der Waals surface area contributed by atoms with Crippen molar-refractivity contribution < 1.29 is 5.11 Å². The molecule has 0 amide bonds. The number of hydrogen-bond donors (Lipinski definition) is 1. The van der Waals surface area contributed by atoms with Crippen molar-refractivity contribution in [2.75, 3.05) is 0 Å². The minimum atomic E-state index is 0.438. The number of rotatable bonds is 0. The van der Waals surface area contributed by atoms with Gasteiger partial charge in [-0.2, -0.15) is 0 Å². The van der Waals surface area contributed by atoms with Gasteiger partial charge in [0.1, 0.15) is 5.75 Å². The second-order valence-corrected chi connectivity index (χ2v) is 6.71. The molecule has 3 aliphatic rings. The van der Waals surface area contributed by atoms with Crippen LogP contribution in [0.2, 0.25) is 0 Å². The zero-order chi connectivity index (χ0) is 12.2. The Hall–Kier alpha value is -0.980. The molecule has 2 saturated carbocycles. The Morgan fingerprint density at radius 1 is 1.06 bits per heavy atom. The van der Waals surface area contributed by atoms with Crippen molar-refractivity contribution >= 4 is 0 Å². The molecule has 96 valence electrons. The Morgan fingerprint density at radius 3 is 2.89 bits per heavy atom. The summed E-state index contributed by atoms with van der Waals surface area (Å²) in [6, 6.07) is 6.17. The summed E-state index contributed by atoms with van der Waals surface area (Å²) < 4.78 is 0. The number of benzene rings is 1. The largest absolute Gasteiger partial charge is 0.508 e. The summed E-state index contributed by atoms with van der Waals surface area (Å²) in [5.41, 5.74) is 3.49. The van der Waals surface area contributed by atoms with E-state index in [2.05, 4.69) is 12.1 Å².